The summed E-state index contributed by atoms with van der Waals surface area (Å²) in [4.78, 5) is 13.4. The second-order valence-electron chi connectivity index (χ2n) is 3.13. The Kier molecular flexibility index (Phi) is 3.65. The maximum atomic E-state index is 12.4. The number of nitrogens with zero attached hydrogens (tertiary/aromatic N) is 2. The Morgan fingerprint density at radius 1 is 1.60 bits per heavy atom. The molecule has 0 radical (unpaired) electrons. The van der Waals surface area contributed by atoms with Crippen LogP contribution in [0.15, 0.2) is 25.1 Å². The van der Waals surface area contributed by atoms with E-state index in [1.54, 1.807) is 17.2 Å². The number of carbonyl (C=O) groups is 1. The van der Waals surface area contributed by atoms with Crippen molar-refractivity contribution >= 4 is 5.97 Å². The van der Waals surface area contributed by atoms with E-state index in [-0.39, 0.29) is 6.67 Å². The Bertz CT molecular complexity index is 281. The van der Waals surface area contributed by atoms with Crippen molar-refractivity contribution in [1.29, 1.82) is 0 Å². The molecule has 0 aliphatic carbocycles. The molecule has 0 aromatic carbocycles. The van der Waals surface area contributed by atoms with E-state index in [2.05, 4.69) is 6.58 Å². The highest BCUT2D eigenvalue weighted by Gasteiger charge is 2.34. The van der Waals surface area contributed by atoms with Crippen LogP contribution in [0.1, 0.15) is 0 Å². The van der Waals surface area contributed by atoms with E-state index in [4.69, 9.17) is 5.11 Å². The monoisotopic (exact) mass is 218 g/mol. The Balaban J connectivity index is 2.62. The second-order valence-corrected chi connectivity index (χ2v) is 3.13. The minimum absolute atomic E-state index is 0.146. The number of halogens is 2. The highest BCUT2D eigenvalue weighted by molar-refractivity contribution is 5.74. The third-order valence-corrected chi connectivity index (χ3v) is 2.03. The van der Waals surface area contributed by atoms with Gasteiger partial charge in [0.2, 0.25) is 0 Å². The minimum atomic E-state index is -2.91. The number of hydrogen-bond acceptors (Lipinski definition) is 3. The first-order valence-corrected chi connectivity index (χ1v) is 4.36. The Morgan fingerprint density at radius 2 is 2.27 bits per heavy atom. The molecule has 84 valence electrons. The van der Waals surface area contributed by atoms with Crippen molar-refractivity contribution in [2.75, 3.05) is 13.2 Å². The zero-order valence-corrected chi connectivity index (χ0v) is 8.01. The number of aliphatic carboxylic acids is 1. The molecule has 0 fully saturated rings. The Morgan fingerprint density at radius 3 is 2.73 bits per heavy atom. The van der Waals surface area contributed by atoms with Gasteiger partial charge >= 0.3 is 5.97 Å². The van der Waals surface area contributed by atoms with Crippen LogP contribution in [0.4, 0.5) is 8.78 Å². The largest absolute Gasteiger partial charge is 0.480 e. The van der Waals surface area contributed by atoms with E-state index < -0.39 is 18.4 Å². The van der Waals surface area contributed by atoms with Crippen LogP contribution in [0.3, 0.4) is 0 Å². The lowest BCUT2D eigenvalue weighted by Crippen LogP contribution is -2.44. The molecule has 0 bridgehead atoms. The molecule has 0 aromatic rings. The van der Waals surface area contributed by atoms with Gasteiger partial charge in [0, 0.05) is 18.9 Å². The zero-order chi connectivity index (χ0) is 11.4. The fourth-order valence-corrected chi connectivity index (χ4v) is 1.34. The molecular weight excluding hydrogens is 206 g/mol. The van der Waals surface area contributed by atoms with Gasteiger partial charge in [0.1, 0.15) is 0 Å². The summed E-state index contributed by atoms with van der Waals surface area (Å²) in [5.41, 5.74) is 0. The summed E-state index contributed by atoms with van der Waals surface area (Å²) in [5, 5.41) is 8.63. The van der Waals surface area contributed by atoms with Crippen molar-refractivity contribution in [2.45, 2.75) is 12.5 Å². The van der Waals surface area contributed by atoms with Gasteiger partial charge in [-0.15, -0.1) is 6.58 Å². The number of alkyl halides is 2. The summed E-state index contributed by atoms with van der Waals surface area (Å²) in [6.07, 6.45) is 1.64. The van der Waals surface area contributed by atoms with Crippen LogP contribution in [0.5, 0.6) is 0 Å². The normalized spacial score (nSPS) is 17.3. The molecule has 0 amide bonds. The second kappa shape index (κ2) is 4.77. The summed E-state index contributed by atoms with van der Waals surface area (Å²) in [7, 11) is 0. The molecule has 1 aliphatic heterocycles. The molecule has 6 heteroatoms. The molecule has 1 N–H and O–H groups in total. The standard InChI is InChI=1S/C9H12F2N2O2/c1-2-3-12-4-5-13(6-12)7(8(10)11)9(14)15/h2,4-5,7-8H,1,3,6H2,(H,14,15). The first-order valence-electron chi connectivity index (χ1n) is 4.36. The van der Waals surface area contributed by atoms with Crippen molar-refractivity contribution in [3.8, 4) is 0 Å². The van der Waals surface area contributed by atoms with Crippen molar-refractivity contribution in [3.63, 3.8) is 0 Å². The molecule has 1 rings (SSSR count). The summed E-state index contributed by atoms with van der Waals surface area (Å²) >= 11 is 0. The van der Waals surface area contributed by atoms with Gasteiger partial charge in [0.15, 0.2) is 6.04 Å². The lowest BCUT2D eigenvalue weighted by Gasteiger charge is -2.25. The molecule has 0 spiro atoms. The van der Waals surface area contributed by atoms with Crippen LogP contribution in [-0.4, -0.2) is 46.6 Å². The van der Waals surface area contributed by atoms with Gasteiger partial charge in [-0.1, -0.05) is 6.08 Å². The van der Waals surface area contributed by atoms with Crippen LogP contribution in [0, 0.1) is 0 Å². The number of rotatable bonds is 5. The molecule has 4 nitrogen and oxygen atoms in total. The van der Waals surface area contributed by atoms with E-state index >= 15 is 0 Å². The quantitative estimate of drug-likeness (QED) is 0.697. The summed E-state index contributed by atoms with van der Waals surface area (Å²) in [6.45, 7) is 4.15. The molecule has 0 saturated heterocycles. The average molecular weight is 218 g/mol. The summed E-state index contributed by atoms with van der Waals surface area (Å²) < 4.78 is 24.8. The molecular formula is C9H12F2N2O2. The van der Waals surface area contributed by atoms with Crippen LogP contribution in [-0.2, 0) is 4.79 Å². The van der Waals surface area contributed by atoms with Gasteiger partial charge in [-0.3, -0.25) is 0 Å². The van der Waals surface area contributed by atoms with E-state index in [1.807, 2.05) is 0 Å². The van der Waals surface area contributed by atoms with Gasteiger partial charge in [-0.2, -0.15) is 0 Å². The summed E-state index contributed by atoms with van der Waals surface area (Å²) in [5.74, 6) is -1.52. The highest BCUT2D eigenvalue weighted by atomic mass is 19.3. The van der Waals surface area contributed by atoms with Gasteiger partial charge in [-0.25, -0.2) is 13.6 Å². The molecule has 1 heterocycles. The lowest BCUT2D eigenvalue weighted by atomic mass is 10.3. The maximum absolute atomic E-state index is 12.4. The van der Waals surface area contributed by atoms with Crippen LogP contribution in [0.25, 0.3) is 0 Å². The molecule has 1 atom stereocenters. The van der Waals surface area contributed by atoms with Gasteiger partial charge in [0.25, 0.3) is 6.43 Å². The third-order valence-electron chi connectivity index (χ3n) is 2.03. The van der Waals surface area contributed by atoms with Gasteiger partial charge < -0.3 is 14.9 Å². The highest BCUT2D eigenvalue weighted by Crippen LogP contribution is 2.16. The van der Waals surface area contributed by atoms with Crippen molar-refractivity contribution in [2.24, 2.45) is 0 Å². The van der Waals surface area contributed by atoms with E-state index in [9.17, 15) is 13.6 Å². The molecule has 0 saturated carbocycles. The first kappa shape index (κ1) is 11.5. The zero-order valence-electron chi connectivity index (χ0n) is 8.01. The predicted octanol–water partition coefficient (Wildman–Crippen LogP) is 0.937. The maximum Gasteiger partial charge on any atom is 0.332 e. The number of carboxylic acid groups (broad SMARTS) is 1. The SMILES string of the molecule is C=CCN1C=CN(C(C(=O)O)C(F)F)C1. The van der Waals surface area contributed by atoms with Gasteiger partial charge in [-0.05, 0) is 0 Å². The summed E-state index contributed by atoms with van der Waals surface area (Å²) in [6, 6.07) is -1.78. The average Bonchev–Trinajstić information content (AvgIpc) is 2.52. The van der Waals surface area contributed by atoms with Crippen molar-refractivity contribution < 1.29 is 18.7 Å². The Labute approximate surface area is 86.1 Å². The Hall–Kier alpha value is -1.59. The lowest BCUT2D eigenvalue weighted by molar-refractivity contribution is -0.148. The molecule has 1 aliphatic rings. The molecule has 15 heavy (non-hydrogen) atoms. The fraction of sp³-hybridized carbons (Fsp3) is 0.444. The van der Waals surface area contributed by atoms with Crippen molar-refractivity contribution in [1.82, 2.24) is 9.80 Å². The molecule has 1 unspecified atom stereocenters. The minimum Gasteiger partial charge on any atom is -0.480 e. The van der Waals surface area contributed by atoms with E-state index in [0.717, 1.165) is 4.90 Å². The number of hydrogen-bond donors (Lipinski definition) is 1. The van der Waals surface area contributed by atoms with Crippen LogP contribution >= 0.6 is 0 Å². The van der Waals surface area contributed by atoms with Crippen LogP contribution < -0.4 is 0 Å². The smallest absolute Gasteiger partial charge is 0.332 e. The number of carboxylic acids is 1. The predicted molar refractivity (Wildman–Crippen MR) is 50.2 cm³/mol. The third kappa shape index (κ3) is 2.68. The topological polar surface area (TPSA) is 43.8 Å². The van der Waals surface area contributed by atoms with E-state index in [0.29, 0.717) is 6.54 Å². The van der Waals surface area contributed by atoms with E-state index in [1.165, 1.54) is 6.20 Å². The fourth-order valence-electron chi connectivity index (χ4n) is 1.34. The first-order chi connectivity index (χ1) is 7.06. The van der Waals surface area contributed by atoms with Crippen LogP contribution in [0.2, 0.25) is 0 Å². The van der Waals surface area contributed by atoms with Gasteiger partial charge in [0.05, 0.1) is 6.67 Å². The van der Waals surface area contributed by atoms with Crippen molar-refractivity contribution in [3.05, 3.63) is 25.1 Å². The molecule has 0 aromatic heterocycles.